The van der Waals surface area contributed by atoms with Crippen molar-refractivity contribution in [3.05, 3.63) is 65.5 Å². The lowest BCUT2D eigenvalue weighted by Crippen LogP contribution is -2.23. The van der Waals surface area contributed by atoms with E-state index in [4.69, 9.17) is 0 Å². The van der Waals surface area contributed by atoms with E-state index in [1.54, 1.807) is 18.2 Å². The summed E-state index contributed by atoms with van der Waals surface area (Å²) in [6.07, 6.45) is 0. The fourth-order valence-electron chi connectivity index (χ4n) is 1.96. The zero-order chi connectivity index (χ0) is 15.2. The van der Waals surface area contributed by atoms with Gasteiger partial charge in [0.1, 0.15) is 5.82 Å². The minimum Gasteiger partial charge on any atom is -0.309 e. The van der Waals surface area contributed by atoms with Crippen LogP contribution in [0.15, 0.2) is 47.4 Å². The van der Waals surface area contributed by atoms with Crippen LogP contribution in [-0.2, 0) is 0 Å². The Hall–Kier alpha value is -1.46. The lowest BCUT2D eigenvalue weighted by atomic mass is 10.1. The molecule has 0 aliphatic heterocycles. The number of halogens is 3. The standard InChI is InChI=1S/C16H16F3NS/c1-2-20-16(11-3-8-14(18)15(19)9-11)10-21-13-6-4-12(17)5-7-13/h3-9,16,20H,2,10H2,1H3. The summed E-state index contributed by atoms with van der Waals surface area (Å²) in [4.78, 5) is 0.932. The summed E-state index contributed by atoms with van der Waals surface area (Å²) in [7, 11) is 0. The lowest BCUT2D eigenvalue weighted by Gasteiger charge is -2.18. The van der Waals surface area contributed by atoms with Crippen molar-refractivity contribution in [3.8, 4) is 0 Å². The first-order chi connectivity index (χ1) is 10.1. The first kappa shape index (κ1) is 15.9. The predicted molar refractivity (Wildman–Crippen MR) is 79.9 cm³/mol. The summed E-state index contributed by atoms with van der Waals surface area (Å²) >= 11 is 1.54. The normalized spacial score (nSPS) is 12.4. The predicted octanol–water partition coefficient (Wildman–Crippen LogP) is 4.55. The first-order valence-corrected chi connectivity index (χ1v) is 7.65. The van der Waals surface area contributed by atoms with Gasteiger partial charge in [0, 0.05) is 16.7 Å². The number of benzene rings is 2. The summed E-state index contributed by atoms with van der Waals surface area (Å²) < 4.78 is 39.2. The van der Waals surface area contributed by atoms with Crippen LogP contribution in [0.5, 0.6) is 0 Å². The summed E-state index contributed by atoms with van der Waals surface area (Å²) in [5.74, 6) is -1.32. The minimum atomic E-state index is -0.847. The molecule has 0 radical (unpaired) electrons. The second kappa shape index (κ2) is 7.52. The molecule has 0 aliphatic carbocycles. The molecule has 1 N–H and O–H groups in total. The van der Waals surface area contributed by atoms with Crippen LogP contribution >= 0.6 is 11.8 Å². The van der Waals surface area contributed by atoms with Crippen LogP contribution in [0.4, 0.5) is 13.2 Å². The largest absolute Gasteiger partial charge is 0.309 e. The molecule has 0 saturated carbocycles. The molecular weight excluding hydrogens is 295 g/mol. The smallest absolute Gasteiger partial charge is 0.159 e. The van der Waals surface area contributed by atoms with Crippen LogP contribution in [0.1, 0.15) is 18.5 Å². The molecule has 0 spiro atoms. The van der Waals surface area contributed by atoms with E-state index in [1.165, 1.54) is 30.0 Å². The Morgan fingerprint density at radius 3 is 2.33 bits per heavy atom. The van der Waals surface area contributed by atoms with Gasteiger partial charge in [-0.3, -0.25) is 0 Å². The topological polar surface area (TPSA) is 12.0 Å². The van der Waals surface area contributed by atoms with Gasteiger partial charge in [-0.15, -0.1) is 11.8 Å². The second-order valence-corrected chi connectivity index (χ2v) is 5.64. The van der Waals surface area contributed by atoms with Crippen molar-refractivity contribution in [2.45, 2.75) is 17.9 Å². The molecule has 5 heteroatoms. The Balaban J connectivity index is 2.07. The highest BCUT2D eigenvalue weighted by Crippen LogP contribution is 2.25. The van der Waals surface area contributed by atoms with E-state index in [9.17, 15) is 13.2 Å². The van der Waals surface area contributed by atoms with E-state index in [1.807, 2.05) is 6.92 Å². The number of thioether (sulfide) groups is 1. The molecule has 0 bridgehead atoms. The average molecular weight is 311 g/mol. The van der Waals surface area contributed by atoms with Crippen molar-refractivity contribution in [1.82, 2.24) is 5.32 Å². The number of nitrogens with one attached hydrogen (secondary N) is 1. The maximum atomic E-state index is 13.3. The lowest BCUT2D eigenvalue weighted by molar-refractivity contribution is 0.502. The molecule has 112 valence electrons. The molecule has 1 unspecified atom stereocenters. The number of rotatable bonds is 6. The molecule has 0 saturated heterocycles. The van der Waals surface area contributed by atoms with Crippen molar-refractivity contribution in [3.63, 3.8) is 0 Å². The zero-order valence-electron chi connectivity index (χ0n) is 11.6. The Labute approximate surface area is 126 Å². The van der Waals surface area contributed by atoms with Crippen LogP contribution < -0.4 is 5.32 Å². The van der Waals surface area contributed by atoms with Gasteiger partial charge in [-0.1, -0.05) is 13.0 Å². The van der Waals surface area contributed by atoms with Gasteiger partial charge in [0.2, 0.25) is 0 Å². The van der Waals surface area contributed by atoms with Gasteiger partial charge in [0.05, 0.1) is 0 Å². The van der Waals surface area contributed by atoms with Crippen molar-refractivity contribution in [1.29, 1.82) is 0 Å². The third-order valence-electron chi connectivity index (χ3n) is 3.03. The van der Waals surface area contributed by atoms with Crippen LogP contribution in [-0.4, -0.2) is 12.3 Å². The highest BCUT2D eigenvalue weighted by molar-refractivity contribution is 7.99. The van der Waals surface area contributed by atoms with E-state index in [0.717, 1.165) is 11.0 Å². The third-order valence-corrected chi connectivity index (χ3v) is 4.13. The fourth-order valence-corrected chi connectivity index (χ4v) is 2.96. The monoisotopic (exact) mass is 311 g/mol. The van der Waals surface area contributed by atoms with Crippen molar-refractivity contribution in [2.24, 2.45) is 0 Å². The molecule has 2 aromatic carbocycles. The Morgan fingerprint density at radius 1 is 1.00 bits per heavy atom. The minimum absolute atomic E-state index is 0.0971. The maximum Gasteiger partial charge on any atom is 0.159 e. The van der Waals surface area contributed by atoms with Gasteiger partial charge in [-0.05, 0) is 48.5 Å². The summed E-state index contributed by atoms with van der Waals surface area (Å²) in [5, 5.41) is 3.24. The molecule has 0 aliphatic rings. The van der Waals surface area contributed by atoms with Crippen molar-refractivity contribution >= 4 is 11.8 Å². The van der Waals surface area contributed by atoms with Crippen LogP contribution in [0.2, 0.25) is 0 Å². The fraction of sp³-hybridized carbons (Fsp3) is 0.250. The zero-order valence-corrected chi connectivity index (χ0v) is 12.4. The van der Waals surface area contributed by atoms with E-state index >= 15 is 0 Å². The van der Waals surface area contributed by atoms with Crippen LogP contribution in [0.3, 0.4) is 0 Å². The maximum absolute atomic E-state index is 13.3. The SMILES string of the molecule is CCNC(CSc1ccc(F)cc1)c1ccc(F)c(F)c1. The van der Waals surface area contributed by atoms with Crippen molar-refractivity contribution < 1.29 is 13.2 Å². The van der Waals surface area contributed by atoms with Gasteiger partial charge < -0.3 is 5.32 Å². The second-order valence-electron chi connectivity index (χ2n) is 4.55. The summed E-state index contributed by atoms with van der Waals surface area (Å²) in [5.41, 5.74) is 0.699. The molecule has 2 rings (SSSR count). The summed E-state index contributed by atoms with van der Waals surface area (Å²) in [6, 6.07) is 10.1. The van der Waals surface area contributed by atoms with E-state index in [-0.39, 0.29) is 11.9 Å². The van der Waals surface area contributed by atoms with Gasteiger partial charge >= 0.3 is 0 Å². The third kappa shape index (κ3) is 4.51. The van der Waals surface area contributed by atoms with Gasteiger partial charge in [-0.25, -0.2) is 13.2 Å². The number of hydrogen-bond donors (Lipinski definition) is 1. The quantitative estimate of drug-likeness (QED) is 0.786. The van der Waals surface area contributed by atoms with E-state index < -0.39 is 11.6 Å². The molecule has 0 amide bonds. The van der Waals surface area contributed by atoms with Gasteiger partial charge in [0.25, 0.3) is 0 Å². The van der Waals surface area contributed by atoms with Crippen LogP contribution in [0, 0.1) is 17.5 Å². The van der Waals surface area contributed by atoms with Crippen molar-refractivity contribution in [2.75, 3.05) is 12.3 Å². The molecule has 0 heterocycles. The summed E-state index contributed by atoms with van der Waals surface area (Å²) in [6.45, 7) is 2.67. The Kier molecular flexibility index (Phi) is 5.70. The average Bonchev–Trinajstić information content (AvgIpc) is 2.48. The molecule has 0 fully saturated rings. The molecule has 0 aromatic heterocycles. The van der Waals surface area contributed by atoms with E-state index in [0.29, 0.717) is 17.9 Å². The first-order valence-electron chi connectivity index (χ1n) is 6.67. The molecule has 1 nitrogen and oxygen atoms in total. The van der Waals surface area contributed by atoms with Gasteiger partial charge in [-0.2, -0.15) is 0 Å². The highest BCUT2D eigenvalue weighted by atomic mass is 32.2. The molecule has 21 heavy (non-hydrogen) atoms. The van der Waals surface area contributed by atoms with E-state index in [2.05, 4.69) is 5.32 Å². The van der Waals surface area contributed by atoms with Crippen LogP contribution in [0.25, 0.3) is 0 Å². The number of hydrogen-bond acceptors (Lipinski definition) is 2. The molecular formula is C16H16F3NS. The molecule has 1 atom stereocenters. The van der Waals surface area contributed by atoms with Gasteiger partial charge in [0.15, 0.2) is 11.6 Å². The molecule has 2 aromatic rings. The Bertz CT molecular complexity index is 587. The Morgan fingerprint density at radius 2 is 1.71 bits per heavy atom. The highest BCUT2D eigenvalue weighted by Gasteiger charge is 2.13.